The van der Waals surface area contributed by atoms with Gasteiger partial charge in [-0.2, -0.15) is 0 Å². The zero-order valence-electron chi connectivity index (χ0n) is 7.35. The van der Waals surface area contributed by atoms with Gasteiger partial charge < -0.3 is 9.47 Å². The molecule has 0 aliphatic carbocycles. The van der Waals surface area contributed by atoms with Gasteiger partial charge in [0, 0.05) is 0 Å². The Kier molecular flexibility index (Phi) is 2.55. The van der Waals surface area contributed by atoms with Crippen LogP contribution < -0.4 is 0 Å². The molecule has 0 aromatic rings. The summed E-state index contributed by atoms with van der Waals surface area (Å²) in [6.45, 7) is 8.40. The average Bonchev–Trinajstić information content (AvgIpc) is 2.30. The Hall–Kier alpha value is -0.500. The summed E-state index contributed by atoms with van der Waals surface area (Å²) in [5, 5.41) is 0. The van der Waals surface area contributed by atoms with Crippen LogP contribution in [0, 0.1) is 0 Å². The highest BCUT2D eigenvalue weighted by molar-refractivity contribution is 5.06. The van der Waals surface area contributed by atoms with Crippen LogP contribution in [0.3, 0.4) is 0 Å². The standard InChI is InChI=1S/C9H16O2/c1-4-5-6-9(3)8(2)10-7-11-9/h2,4-7H2,1,3H3. The molecule has 1 atom stereocenters. The van der Waals surface area contributed by atoms with E-state index < -0.39 is 0 Å². The number of hydrogen-bond acceptors (Lipinski definition) is 2. The fourth-order valence-electron chi connectivity index (χ4n) is 1.19. The van der Waals surface area contributed by atoms with Crippen molar-refractivity contribution in [3.05, 3.63) is 12.3 Å². The Morgan fingerprint density at radius 1 is 1.64 bits per heavy atom. The molecular formula is C9H16O2. The molecule has 0 spiro atoms. The van der Waals surface area contributed by atoms with Gasteiger partial charge in [0.15, 0.2) is 6.79 Å². The molecule has 0 aromatic heterocycles. The molecule has 0 bridgehead atoms. The lowest BCUT2D eigenvalue weighted by atomic mass is 9.98. The second-order valence-electron chi connectivity index (χ2n) is 3.16. The van der Waals surface area contributed by atoms with Crippen LogP contribution >= 0.6 is 0 Å². The lowest BCUT2D eigenvalue weighted by Crippen LogP contribution is -2.24. The topological polar surface area (TPSA) is 18.5 Å². The summed E-state index contributed by atoms with van der Waals surface area (Å²) in [4.78, 5) is 0. The van der Waals surface area contributed by atoms with Gasteiger partial charge in [0.2, 0.25) is 0 Å². The first-order valence-corrected chi connectivity index (χ1v) is 4.15. The van der Waals surface area contributed by atoms with Gasteiger partial charge >= 0.3 is 0 Å². The first kappa shape index (κ1) is 8.60. The van der Waals surface area contributed by atoms with Crippen LogP contribution in [0.1, 0.15) is 33.1 Å². The molecule has 1 aliphatic heterocycles. The monoisotopic (exact) mass is 156 g/mol. The van der Waals surface area contributed by atoms with E-state index in [0.29, 0.717) is 6.79 Å². The normalized spacial score (nSPS) is 30.5. The Morgan fingerprint density at radius 3 is 2.82 bits per heavy atom. The van der Waals surface area contributed by atoms with Crippen molar-refractivity contribution in [1.29, 1.82) is 0 Å². The second kappa shape index (κ2) is 3.26. The number of hydrogen-bond donors (Lipinski definition) is 0. The summed E-state index contributed by atoms with van der Waals surface area (Å²) >= 11 is 0. The van der Waals surface area contributed by atoms with E-state index in [0.717, 1.165) is 12.2 Å². The summed E-state index contributed by atoms with van der Waals surface area (Å²) < 4.78 is 10.6. The molecule has 0 saturated carbocycles. The maximum absolute atomic E-state index is 5.43. The second-order valence-corrected chi connectivity index (χ2v) is 3.16. The third-order valence-corrected chi connectivity index (χ3v) is 2.21. The first-order valence-electron chi connectivity index (χ1n) is 4.15. The highest BCUT2D eigenvalue weighted by Crippen LogP contribution is 2.32. The van der Waals surface area contributed by atoms with Gasteiger partial charge in [-0.15, -0.1) is 0 Å². The molecule has 0 aromatic carbocycles. The molecule has 64 valence electrons. The molecule has 0 radical (unpaired) electrons. The minimum Gasteiger partial charge on any atom is -0.469 e. The van der Waals surface area contributed by atoms with Gasteiger partial charge in [-0.25, -0.2) is 0 Å². The highest BCUT2D eigenvalue weighted by atomic mass is 16.7. The van der Waals surface area contributed by atoms with Crippen LogP contribution in [0.4, 0.5) is 0 Å². The van der Waals surface area contributed by atoms with Crippen molar-refractivity contribution in [3.8, 4) is 0 Å². The van der Waals surface area contributed by atoms with Crippen molar-refractivity contribution in [3.63, 3.8) is 0 Å². The lowest BCUT2D eigenvalue weighted by Gasteiger charge is -2.20. The number of unbranched alkanes of at least 4 members (excludes halogenated alkanes) is 1. The van der Waals surface area contributed by atoms with Gasteiger partial charge in [-0.3, -0.25) is 0 Å². The van der Waals surface area contributed by atoms with E-state index in [1.165, 1.54) is 12.8 Å². The fraction of sp³-hybridized carbons (Fsp3) is 0.778. The summed E-state index contributed by atoms with van der Waals surface area (Å²) in [5.74, 6) is 0.783. The van der Waals surface area contributed by atoms with E-state index in [1.54, 1.807) is 0 Å². The minimum absolute atomic E-state index is 0.212. The van der Waals surface area contributed by atoms with E-state index >= 15 is 0 Å². The minimum atomic E-state index is -0.212. The predicted octanol–water partition coefficient (Wildman–Crippen LogP) is 2.45. The van der Waals surface area contributed by atoms with E-state index in [2.05, 4.69) is 13.5 Å². The lowest BCUT2D eigenvalue weighted by molar-refractivity contribution is -0.00283. The van der Waals surface area contributed by atoms with Gasteiger partial charge in [-0.05, 0) is 13.3 Å². The summed E-state index contributed by atoms with van der Waals surface area (Å²) in [6.07, 6.45) is 3.37. The summed E-state index contributed by atoms with van der Waals surface area (Å²) in [7, 11) is 0. The molecule has 2 heteroatoms. The zero-order chi connectivity index (χ0) is 8.32. The molecule has 1 fully saturated rings. The summed E-state index contributed by atoms with van der Waals surface area (Å²) in [6, 6.07) is 0. The van der Waals surface area contributed by atoms with Crippen molar-refractivity contribution in [2.75, 3.05) is 6.79 Å². The maximum Gasteiger partial charge on any atom is 0.189 e. The van der Waals surface area contributed by atoms with Gasteiger partial charge in [0.05, 0.1) is 0 Å². The van der Waals surface area contributed by atoms with E-state index in [1.807, 2.05) is 6.92 Å². The van der Waals surface area contributed by atoms with E-state index in [9.17, 15) is 0 Å². The number of rotatable bonds is 3. The van der Waals surface area contributed by atoms with Crippen molar-refractivity contribution in [2.24, 2.45) is 0 Å². The quantitative estimate of drug-likeness (QED) is 0.625. The summed E-state index contributed by atoms with van der Waals surface area (Å²) in [5.41, 5.74) is -0.212. The third-order valence-electron chi connectivity index (χ3n) is 2.21. The highest BCUT2D eigenvalue weighted by Gasteiger charge is 2.34. The van der Waals surface area contributed by atoms with Crippen LogP contribution in [-0.4, -0.2) is 12.4 Å². The zero-order valence-corrected chi connectivity index (χ0v) is 7.35. The van der Waals surface area contributed by atoms with Gasteiger partial charge in [0.1, 0.15) is 11.4 Å². The predicted molar refractivity (Wildman–Crippen MR) is 44.1 cm³/mol. The molecular weight excluding hydrogens is 140 g/mol. The molecule has 0 amide bonds. The average molecular weight is 156 g/mol. The maximum atomic E-state index is 5.43. The van der Waals surface area contributed by atoms with Gasteiger partial charge in [0.25, 0.3) is 0 Å². The van der Waals surface area contributed by atoms with E-state index in [-0.39, 0.29) is 5.60 Å². The van der Waals surface area contributed by atoms with Crippen LogP contribution in [-0.2, 0) is 9.47 Å². The molecule has 1 saturated heterocycles. The van der Waals surface area contributed by atoms with Crippen molar-refractivity contribution in [2.45, 2.75) is 38.7 Å². The van der Waals surface area contributed by atoms with Crippen molar-refractivity contribution >= 4 is 0 Å². The number of ether oxygens (including phenoxy) is 2. The van der Waals surface area contributed by atoms with Crippen LogP contribution in [0.5, 0.6) is 0 Å². The van der Waals surface area contributed by atoms with Crippen molar-refractivity contribution < 1.29 is 9.47 Å². The third kappa shape index (κ3) is 1.74. The Balaban J connectivity index is 2.44. The largest absolute Gasteiger partial charge is 0.469 e. The SMILES string of the molecule is C=C1OCOC1(C)CCCC. The Morgan fingerprint density at radius 2 is 2.36 bits per heavy atom. The molecule has 1 aliphatic rings. The Bertz CT molecular complexity index is 154. The van der Waals surface area contributed by atoms with Crippen molar-refractivity contribution in [1.82, 2.24) is 0 Å². The molecule has 0 N–H and O–H groups in total. The smallest absolute Gasteiger partial charge is 0.189 e. The first-order chi connectivity index (χ1) is 5.19. The van der Waals surface area contributed by atoms with Crippen LogP contribution in [0.2, 0.25) is 0 Å². The molecule has 1 unspecified atom stereocenters. The fourth-order valence-corrected chi connectivity index (χ4v) is 1.19. The molecule has 1 rings (SSSR count). The molecule has 2 nitrogen and oxygen atoms in total. The van der Waals surface area contributed by atoms with Gasteiger partial charge in [-0.1, -0.05) is 26.3 Å². The molecule has 1 heterocycles. The Labute approximate surface area is 68.2 Å². The van der Waals surface area contributed by atoms with Crippen LogP contribution in [0.25, 0.3) is 0 Å². The van der Waals surface area contributed by atoms with Crippen LogP contribution in [0.15, 0.2) is 12.3 Å². The van der Waals surface area contributed by atoms with E-state index in [4.69, 9.17) is 9.47 Å². The molecule has 11 heavy (non-hydrogen) atoms.